The Balaban J connectivity index is 1.69. The maximum Gasteiger partial charge on any atom is 0.274 e. The molecule has 2 N–H and O–H groups in total. The smallest absolute Gasteiger partial charge is 0.274 e. The lowest BCUT2D eigenvalue weighted by Crippen LogP contribution is -2.23. The van der Waals surface area contributed by atoms with Gasteiger partial charge >= 0.3 is 0 Å². The Kier molecular flexibility index (Phi) is 4.43. The lowest BCUT2D eigenvalue weighted by atomic mass is 10.3. The molecule has 24 heavy (non-hydrogen) atoms. The summed E-state index contributed by atoms with van der Waals surface area (Å²) in [5.41, 5.74) is 0.410. The first-order chi connectivity index (χ1) is 11.4. The number of nitrogens with zero attached hydrogens (tertiary/aromatic N) is 2. The first kappa shape index (κ1) is 16.3. The number of carbonyl (C=O) groups excluding carboxylic acids is 1. The second-order valence-electron chi connectivity index (χ2n) is 5.47. The molecule has 1 unspecified atom stereocenters. The Morgan fingerprint density at radius 3 is 2.83 bits per heavy atom. The van der Waals surface area contributed by atoms with Crippen LogP contribution in [0.3, 0.4) is 0 Å². The molecule has 1 amide bonds. The Hall–Kier alpha value is -2.55. The summed E-state index contributed by atoms with van der Waals surface area (Å²) in [6, 6.07) is 6.67. The molecule has 0 radical (unpaired) electrons. The summed E-state index contributed by atoms with van der Waals surface area (Å²) in [5, 5.41) is 5.46. The number of rotatable bonds is 4. The molecule has 9 heteroatoms. The van der Waals surface area contributed by atoms with Crippen LogP contribution in [0.2, 0.25) is 0 Å². The highest BCUT2D eigenvalue weighted by Gasteiger charge is 2.28. The summed E-state index contributed by atoms with van der Waals surface area (Å²) in [6.45, 7) is 0. The highest BCUT2D eigenvalue weighted by atomic mass is 32.2. The molecule has 0 bridgehead atoms. The molecule has 0 saturated carbocycles. The minimum absolute atomic E-state index is 0.0239. The molecule has 1 saturated heterocycles. The fourth-order valence-corrected chi connectivity index (χ4v) is 4.08. The van der Waals surface area contributed by atoms with Crippen LogP contribution in [0.5, 0.6) is 0 Å². The molecule has 1 aromatic carbocycles. The minimum atomic E-state index is -3.02. The van der Waals surface area contributed by atoms with Crippen LogP contribution in [0.15, 0.2) is 36.5 Å². The van der Waals surface area contributed by atoms with Gasteiger partial charge in [-0.25, -0.2) is 22.8 Å². The van der Waals surface area contributed by atoms with Crippen molar-refractivity contribution >= 4 is 27.4 Å². The Morgan fingerprint density at radius 1 is 1.29 bits per heavy atom. The van der Waals surface area contributed by atoms with Crippen LogP contribution in [0.4, 0.5) is 16.0 Å². The van der Waals surface area contributed by atoms with Crippen LogP contribution in [0, 0.1) is 5.82 Å². The summed E-state index contributed by atoms with van der Waals surface area (Å²) < 4.78 is 36.1. The number of amides is 1. The van der Waals surface area contributed by atoms with E-state index in [0.717, 1.165) is 0 Å². The fourth-order valence-electron chi connectivity index (χ4n) is 2.41. The van der Waals surface area contributed by atoms with Crippen molar-refractivity contribution in [2.75, 3.05) is 22.1 Å². The van der Waals surface area contributed by atoms with Gasteiger partial charge in [0.1, 0.15) is 11.5 Å². The molecule has 7 nitrogen and oxygen atoms in total. The van der Waals surface area contributed by atoms with Gasteiger partial charge in [-0.1, -0.05) is 6.07 Å². The van der Waals surface area contributed by atoms with Gasteiger partial charge in [-0.05, 0) is 30.7 Å². The average molecular weight is 350 g/mol. The van der Waals surface area contributed by atoms with Crippen LogP contribution >= 0.6 is 0 Å². The van der Waals surface area contributed by atoms with Crippen LogP contribution in [0.25, 0.3) is 0 Å². The van der Waals surface area contributed by atoms with E-state index in [9.17, 15) is 17.6 Å². The Morgan fingerprint density at radius 2 is 2.12 bits per heavy atom. The zero-order valence-corrected chi connectivity index (χ0v) is 13.4. The summed E-state index contributed by atoms with van der Waals surface area (Å²) in [4.78, 5) is 20.2. The first-order valence-corrected chi connectivity index (χ1v) is 9.10. The molecule has 2 heterocycles. The van der Waals surface area contributed by atoms with Crippen LogP contribution < -0.4 is 10.6 Å². The van der Waals surface area contributed by atoms with Crippen molar-refractivity contribution in [2.45, 2.75) is 12.5 Å². The number of sulfone groups is 1. The number of hydrogen-bond acceptors (Lipinski definition) is 6. The van der Waals surface area contributed by atoms with Crippen molar-refractivity contribution in [1.29, 1.82) is 0 Å². The van der Waals surface area contributed by atoms with E-state index in [2.05, 4.69) is 20.6 Å². The SMILES string of the molecule is O=C(Nc1cccc(F)c1)c1ccnc(NC2CCS(=O)(=O)C2)n1. The van der Waals surface area contributed by atoms with Crippen LogP contribution in [0.1, 0.15) is 16.9 Å². The van der Waals surface area contributed by atoms with Crippen molar-refractivity contribution in [3.8, 4) is 0 Å². The number of anilines is 2. The van der Waals surface area contributed by atoms with Gasteiger partial charge in [0.25, 0.3) is 5.91 Å². The van der Waals surface area contributed by atoms with Gasteiger partial charge in [-0.15, -0.1) is 0 Å². The summed E-state index contributed by atoms with van der Waals surface area (Å²) in [5.74, 6) is -0.630. The standard InChI is InChI=1S/C15H15FN4O3S/c16-10-2-1-3-11(8-10)18-14(21)13-4-6-17-15(20-13)19-12-5-7-24(22,23)9-12/h1-4,6,8,12H,5,7,9H2,(H,18,21)(H,17,19,20). The van der Waals surface area contributed by atoms with Gasteiger partial charge in [0.2, 0.25) is 5.95 Å². The van der Waals surface area contributed by atoms with Crippen molar-refractivity contribution in [1.82, 2.24) is 9.97 Å². The number of hydrogen-bond donors (Lipinski definition) is 2. The zero-order chi connectivity index (χ0) is 17.2. The number of carbonyl (C=O) groups is 1. The number of nitrogens with one attached hydrogen (secondary N) is 2. The minimum Gasteiger partial charge on any atom is -0.350 e. The number of aromatic nitrogens is 2. The maximum atomic E-state index is 13.1. The molecule has 0 aliphatic carbocycles. The van der Waals surface area contributed by atoms with Crippen LogP contribution in [-0.2, 0) is 9.84 Å². The lowest BCUT2D eigenvalue weighted by molar-refractivity contribution is 0.102. The van der Waals surface area contributed by atoms with E-state index in [0.29, 0.717) is 12.1 Å². The Labute approximate surface area is 138 Å². The van der Waals surface area contributed by atoms with Crippen LogP contribution in [-0.4, -0.2) is 41.8 Å². The second-order valence-corrected chi connectivity index (χ2v) is 7.70. The predicted octanol–water partition coefficient (Wildman–Crippen LogP) is 1.47. The van der Waals surface area contributed by atoms with Gasteiger partial charge < -0.3 is 10.6 Å². The predicted molar refractivity (Wildman–Crippen MR) is 87.1 cm³/mol. The summed E-state index contributed by atoms with van der Waals surface area (Å²) in [7, 11) is -3.02. The summed E-state index contributed by atoms with van der Waals surface area (Å²) in [6.07, 6.45) is 1.88. The molecule has 3 rings (SSSR count). The average Bonchev–Trinajstić information content (AvgIpc) is 2.86. The third kappa shape index (κ3) is 4.05. The van der Waals surface area contributed by atoms with E-state index < -0.39 is 21.6 Å². The normalized spacial score (nSPS) is 19.0. The lowest BCUT2D eigenvalue weighted by Gasteiger charge is -2.11. The molecule has 1 atom stereocenters. The molecule has 0 spiro atoms. The van der Waals surface area contributed by atoms with Crippen molar-refractivity contribution in [3.63, 3.8) is 0 Å². The Bertz CT molecular complexity index is 873. The number of halogens is 1. The molecule has 126 valence electrons. The molecule has 1 aliphatic rings. The van der Waals surface area contributed by atoms with Gasteiger partial charge in [0, 0.05) is 17.9 Å². The van der Waals surface area contributed by atoms with Gasteiger partial charge in [-0.3, -0.25) is 4.79 Å². The van der Waals surface area contributed by atoms with E-state index in [4.69, 9.17) is 0 Å². The third-order valence-corrected chi connectivity index (χ3v) is 5.30. The van der Waals surface area contributed by atoms with E-state index in [1.165, 1.54) is 30.5 Å². The largest absolute Gasteiger partial charge is 0.350 e. The van der Waals surface area contributed by atoms with E-state index in [1.54, 1.807) is 6.07 Å². The zero-order valence-electron chi connectivity index (χ0n) is 12.6. The fraction of sp³-hybridized carbons (Fsp3) is 0.267. The van der Waals surface area contributed by atoms with E-state index in [1.807, 2.05) is 0 Å². The van der Waals surface area contributed by atoms with Crippen molar-refractivity contribution < 1.29 is 17.6 Å². The first-order valence-electron chi connectivity index (χ1n) is 7.28. The molecule has 2 aromatic rings. The quantitative estimate of drug-likeness (QED) is 0.866. The molecule has 1 fully saturated rings. The van der Waals surface area contributed by atoms with Gasteiger partial charge in [-0.2, -0.15) is 0 Å². The van der Waals surface area contributed by atoms with Gasteiger partial charge in [0.05, 0.1) is 11.5 Å². The second kappa shape index (κ2) is 6.52. The molecular formula is C15H15FN4O3S. The van der Waals surface area contributed by atoms with E-state index in [-0.39, 0.29) is 29.2 Å². The molecular weight excluding hydrogens is 335 g/mol. The maximum absolute atomic E-state index is 13.1. The molecule has 1 aliphatic heterocycles. The monoisotopic (exact) mass is 350 g/mol. The highest BCUT2D eigenvalue weighted by Crippen LogP contribution is 2.16. The summed E-state index contributed by atoms with van der Waals surface area (Å²) >= 11 is 0. The highest BCUT2D eigenvalue weighted by molar-refractivity contribution is 7.91. The van der Waals surface area contributed by atoms with Crippen molar-refractivity contribution in [2.24, 2.45) is 0 Å². The van der Waals surface area contributed by atoms with Crippen molar-refractivity contribution in [3.05, 3.63) is 48.0 Å². The van der Waals surface area contributed by atoms with E-state index >= 15 is 0 Å². The number of benzene rings is 1. The molecule has 1 aromatic heterocycles. The van der Waals surface area contributed by atoms with Gasteiger partial charge in [0.15, 0.2) is 9.84 Å². The third-order valence-electron chi connectivity index (χ3n) is 3.54. The topological polar surface area (TPSA) is 101 Å².